The second-order valence-electron chi connectivity index (χ2n) is 5.30. The maximum Gasteiger partial charge on any atom is -0.00404 e. The number of fused-ring (bicyclic) bond motifs is 1. The van der Waals surface area contributed by atoms with Gasteiger partial charge in [-0.15, -0.1) is 0 Å². The quantitative estimate of drug-likeness (QED) is 0.746. The van der Waals surface area contributed by atoms with Crippen LogP contribution in [0.2, 0.25) is 0 Å². The van der Waals surface area contributed by atoms with Crippen molar-refractivity contribution in [1.29, 1.82) is 0 Å². The van der Waals surface area contributed by atoms with Gasteiger partial charge in [0.25, 0.3) is 0 Å². The van der Waals surface area contributed by atoms with E-state index in [0.717, 1.165) is 6.54 Å². The number of benzene rings is 1. The number of aryl methyl sites for hydroxylation is 2. The van der Waals surface area contributed by atoms with E-state index in [9.17, 15) is 0 Å². The lowest BCUT2D eigenvalue weighted by molar-refractivity contribution is 0.284. The molecule has 1 aromatic carbocycles. The van der Waals surface area contributed by atoms with Crippen LogP contribution in [0.4, 0.5) is 0 Å². The standard InChI is InChI=1S/C14H21N/c1-10-5-4-6-11-7-8-12(9-15)14(2,3)13(10)11/h4-6,12H,7-9,15H2,1-3H3. The maximum absolute atomic E-state index is 5.89. The molecule has 0 saturated carbocycles. The highest BCUT2D eigenvalue weighted by atomic mass is 14.6. The summed E-state index contributed by atoms with van der Waals surface area (Å²) in [6.45, 7) is 7.71. The average molecular weight is 203 g/mol. The van der Waals surface area contributed by atoms with E-state index in [1.807, 2.05) is 0 Å². The summed E-state index contributed by atoms with van der Waals surface area (Å²) < 4.78 is 0. The molecule has 1 atom stereocenters. The predicted octanol–water partition coefficient (Wildman–Crippen LogP) is 2.79. The van der Waals surface area contributed by atoms with E-state index >= 15 is 0 Å². The first-order valence-corrected chi connectivity index (χ1v) is 5.86. The Morgan fingerprint density at radius 2 is 2.13 bits per heavy atom. The highest BCUT2D eigenvalue weighted by Gasteiger charge is 2.36. The summed E-state index contributed by atoms with van der Waals surface area (Å²) in [6.07, 6.45) is 2.43. The van der Waals surface area contributed by atoms with E-state index in [-0.39, 0.29) is 5.41 Å². The molecule has 0 radical (unpaired) electrons. The lowest BCUT2D eigenvalue weighted by Crippen LogP contribution is -2.39. The molecule has 1 unspecified atom stereocenters. The fourth-order valence-electron chi connectivity index (χ4n) is 3.17. The van der Waals surface area contributed by atoms with Crippen LogP contribution in [0.15, 0.2) is 18.2 Å². The Morgan fingerprint density at radius 3 is 2.80 bits per heavy atom. The normalized spacial score (nSPS) is 23.6. The summed E-state index contributed by atoms with van der Waals surface area (Å²) in [5.41, 5.74) is 10.6. The molecule has 0 spiro atoms. The molecule has 0 aromatic heterocycles. The molecule has 0 amide bonds. The maximum atomic E-state index is 5.89. The van der Waals surface area contributed by atoms with Gasteiger partial charge in [0.05, 0.1) is 0 Å². The van der Waals surface area contributed by atoms with E-state index in [4.69, 9.17) is 5.73 Å². The van der Waals surface area contributed by atoms with E-state index in [2.05, 4.69) is 39.0 Å². The molecule has 0 aliphatic heterocycles. The third kappa shape index (κ3) is 1.59. The third-order valence-electron chi connectivity index (χ3n) is 4.07. The Morgan fingerprint density at radius 1 is 1.40 bits per heavy atom. The minimum atomic E-state index is 0.244. The summed E-state index contributed by atoms with van der Waals surface area (Å²) in [5.74, 6) is 0.631. The minimum Gasteiger partial charge on any atom is -0.330 e. The van der Waals surface area contributed by atoms with Crippen LogP contribution in [-0.4, -0.2) is 6.54 Å². The molecule has 0 heterocycles. The number of hydrogen-bond acceptors (Lipinski definition) is 1. The molecule has 15 heavy (non-hydrogen) atoms. The molecule has 82 valence electrons. The Labute approximate surface area is 92.7 Å². The summed E-state index contributed by atoms with van der Waals surface area (Å²) >= 11 is 0. The molecule has 2 rings (SSSR count). The van der Waals surface area contributed by atoms with Crippen molar-refractivity contribution in [1.82, 2.24) is 0 Å². The first-order chi connectivity index (χ1) is 7.07. The van der Waals surface area contributed by atoms with Crippen LogP contribution < -0.4 is 5.73 Å². The van der Waals surface area contributed by atoms with Gasteiger partial charge in [-0.2, -0.15) is 0 Å². The topological polar surface area (TPSA) is 26.0 Å². The number of rotatable bonds is 1. The van der Waals surface area contributed by atoms with Crippen molar-refractivity contribution >= 4 is 0 Å². The monoisotopic (exact) mass is 203 g/mol. The van der Waals surface area contributed by atoms with E-state index in [0.29, 0.717) is 5.92 Å². The van der Waals surface area contributed by atoms with Crippen molar-refractivity contribution in [2.45, 2.75) is 39.0 Å². The van der Waals surface area contributed by atoms with Crippen molar-refractivity contribution in [3.63, 3.8) is 0 Å². The van der Waals surface area contributed by atoms with Crippen molar-refractivity contribution in [3.8, 4) is 0 Å². The molecule has 0 saturated heterocycles. The molecule has 2 N–H and O–H groups in total. The van der Waals surface area contributed by atoms with Crippen LogP contribution in [-0.2, 0) is 11.8 Å². The smallest absolute Gasteiger partial charge is 0.00404 e. The van der Waals surface area contributed by atoms with Crippen molar-refractivity contribution in [2.24, 2.45) is 11.7 Å². The van der Waals surface area contributed by atoms with Gasteiger partial charge < -0.3 is 5.73 Å². The van der Waals surface area contributed by atoms with Crippen molar-refractivity contribution in [2.75, 3.05) is 6.54 Å². The molecule has 1 aliphatic carbocycles. The fraction of sp³-hybridized carbons (Fsp3) is 0.571. The predicted molar refractivity (Wildman–Crippen MR) is 65.1 cm³/mol. The average Bonchev–Trinajstić information content (AvgIpc) is 2.17. The molecule has 1 nitrogen and oxygen atoms in total. The van der Waals surface area contributed by atoms with Gasteiger partial charge in [0.1, 0.15) is 0 Å². The summed E-state index contributed by atoms with van der Waals surface area (Å²) in [4.78, 5) is 0. The minimum absolute atomic E-state index is 0.244. The van der Waals surface area contributed by atoms with Crippen LogP contribution in [0.3, 0.4) is 0 Å². The Hall–Kier alpha value is -0.820. The van der Waals surface area contributed by atoms with Crippen LogP contribution in [0.25, 0.3) is 0 Å². The van der Waals surface area contributed by atoms with Gasteiger partial charge in [0, 0.05) is 0 Å². The third-order valence-corrected chi connectivity index (χ3v) is 4.07. The second-order valence-corrected chi connectivity index (χ2v) is 5.30. The lowest BCUT2D eigenvalue weighted by atomic mass is 9.64. The molecular weight excluding hydrogens is 182 g/mol. The molecule has 0 bridgehead atoms. The first kappa shape index (κ1) is 10.7. The van der Waals surface area contributed by atoms with Gasteiger partial charge in [-0.05, 0) is 54.3 Å². The second kappa shape index (κ2) is 3.64. The van der Waals surface area contributed by atoms with Crippen molar-refractivity contribution < 1.29 is 0 Å². The van der Waals surface area contributed by atoms with E-state index in [1.165, 1.54) is 24.0 Å². The Balaban J connectivity index is 2.55. The molecule has 0 fully saturated rings. The fourth-order valence-corrected chi connectivity index (χ4v) is 3.17. The molecule has 1 heteroatoms. The van der Waals surface area contributed by atoms with Crippen LogP contribution >= 0.6 is 0 Å². The lowest BCUT2D eigenvalue weighted by Gasteiger charge is -2.41. The number of hydrogen-bond donors (Lipinski definition) is 1. The van der Waals surface area contributed by atoms with Crippen LogP contribution in [0.1, 0.15) is 37.0 Å². The molecule has 1 aromatic rings. The van der Waals surface area contributed by atoms with Gasteiger partial charge >= 0.3 is 0 Å². The van der Waals surface area contributed by atoms with Gasteiger partial charge in [0.15, 0.2) is 0 Å². The molecular formula is C14H21N. The zero-order valence-corrected chi connectivity index (χ0v) is 10.0. The van der Waals surface area contributed by atoms with Gasteiger partial charge in [0.2, 0.25) is 0 Å². The van der Waals surface area contributed by atoms with Crippen molar-refractivity contribution in [3.05, 3.63) is 34.9 Å². The number of nitrogens with two attached hydrogens (primary N) is 1. The van der Waals surface area contributed by atoms with Gasteiger partial charge in [-0.3, -0.25) is 0 Å². The van der Waals surface area contributed by atoms with E-state index < -0.39 is 0 Å². The van der Waals surface area contributed by atoms with E-state index in [1.54, 1.807) is 5.56 Å². The first-order valence-electron chi connectivity index (χ1n) is 5.86. The zero-order chi connectivity index (χ0) is 11.1. The summed E-state index contributed by atoms with van der Waals surface area (Å²) in [6, 6.07) is 6.67. The summed E-state index contributed by atoms with van der Waals surface area (Å²) in [7, 11) is 0. The van der Waals surface area contributed by atoms with Crippen LogP contribution in [0, 0.1) is 12.8 Å². The largest absolute Gasteiger partial charge is 0.330 e. The van der Waals surface area contributed by atoms with Gasteiger partial charge in [-0.1, -0.05) is 32.0 Å². The highest BCUT2D eigenvalue weighted by molar-refractivity contribution is 5.42. The van der Waals surface area contributed by atoms with Gasteiger partial charge in [-0.25, -0.2) is 0 Å². The van der Waals surface area contributed by atoms with Crippen LogP contribution in [0.5, 0.6) is 0 Å². The summed E-state index contributed by atoms with van der Waals surface area (Å²) in [5, 5.41) is 0. The Bertz CT molecular complexity index is 366. The zero-order valence-electron chi connectivity index (χ0n) is 10.0. The highest BCUT2D eigenvalue weighted by Crippen LogP contribution is 2.42. The SMILES string of the molecule is Cc1cccc2c1C(C)(C)C(CN)CC2. The molecule has 1 aliphatic rings. The Kier molecular flexibility index (Phi) is 2.59.